The fourth-order valence-electron chi connectivity index (χ4n) is 3.43. The van der Waals surface area contributed by atoms with E-state index < -0.39 is 0 Å². The summed E-state index contributed by atoms with van der Waals surface area (Å²) in [5.74, 6) is 0.0580. The van der Waals surface area contributed by atoms with E-state index in [0.29, 0.717) is 12.6 Å². The van der Waals surface area contributed by atoms with Crippen LogP contribution in [0.2, 0.25) is 0 Å². The normalized spacial score (nSPS) is 14.4. The Morgan fingerprint density at radius 3 is 2.72 bits per heavy atom. The Kier molecular flexibility index (Phi) is 5.76. The van der Waals surface area contributed by atoms with E-state index in [2.05, 4.69) is 59.5 Å². The number of hydrogen-bond donors (Lipinski definition) is 1. The Labute approximate surface area is 154 Å². The van der Waals surface area contributed by atoms with Crippen molar-refractivity contribution in [3.05, 3.63) is 46.2 Å². The third-order valence-electron chi connectivity index (χ3n) is 4.70. The van der Waals surface area contributed by atoms with Crippen LogP contribution in [0.5, 0.6) is 0 Å². The van der Waals surface area contributed by atoms with Crippen LogP contribution in [0.3, 0.4) is 0 Å². The van der Waals surface area contributed by atoms with Crippen LogP contribution >= 0.6 is 11.3 Å². The fraction of sp³-hybridized carbons (Fsp3) is 0.450. The Hall–Kier alpha value is -1.85. The predicted molar refractivity (Wildman–Crippen MR) is 107 cm³/mol. The lowest BCUT2D eigenvalue weighted by Gasteiger charge is -2.28. The molecular formula is C20H27N3OS. The van der Waals surface area contributed by atoms with E-state index in [1.165, 1.54) is 16.1 Å². The molecule has 1 aromatic carbocycles. The molecule has 134 valence electrons. The van der Waals surface area contributed by atoms with Crippen molar-refractivity contribution in [2.75, 3.05) is 29.9 Å². The summed E-state index contributed by atoms with van der Waals surface area (Å²) in [7, 11) is 0. The zero-order valence-corrected chi connectivity index (χ0v) is 16.1. The first-order valence-electron chi connectivity index (χ1n) is 9.01. The van der Waals surface area contributed by atoms with Crippen LogP contribution in [0.15, 0.2) is 35.7 Å². The van der Waals surface area contributed by atoms with Gasteiger partial charge >= 0.3 is 0 Å². The molecule has 2 aromatic rings. The maximum absolute atomic E-state index is 12.4. The van der Waals surface area contributed by atoms with Crippen molar-refractivity contribution >= 4 is 28.6 Å². The molecule has 0 saturated heterocycles. The van der Waals surface area contributed by atoms with E-state index in [4.69, 9.17) is 0 Å². The van der Waals surface area contributed by atoms with Gasteiger partial charge in [0.05, 0.1) is 6.54 Å². The van der Waals surface area contributed by atoms with Gasteiger partial charge in [-0.05, 0) is 68.5 Å². The SMILES string of the molecule is CCN(c1ccc(NC(=O)CN2CCc3sccc3C2)cc1)C(C)C. The molecule has 0 fully saturated rings. The van der Waals surface area contributed by atoms with Gasteiger partial charge < -0.3 is 10.2 Å². The van der Waals surface area contributed by atoms with Gasteiger partial charge in [0, 0.05) is 41.9 Å². The van der Waals surface area contributed by atoms with Gasteiger partial charge in [-0.25, -0.2) is 0 Å². The molecule has 5 heteroatoms. The number of anilines is 2. The van der Waals surface area contributed by atoms with Gasteiger partial charge in [0.25, 0.3) is 0 Å². The molecule has 0 aliphatic carbocycles. The highest BCUT2D eigenvalue weighted by molar-refractivity contribution is 7.10. The number of hydrogen-bond acceptors (Lipinski definition) is 4. The van der Waals surface area contributed by atoms with Gasteiger partial charge in [-0.1, -0.05) is 0 Å². The number of amides is 1. The molecule has 2 heterocycles. The van der Waals surface area contributed by atoms with Crippen molar-refractivity contribution in [2.24, 2.45) is 0 Å². The molecule has 1 aliphatic rings. The topological polar surface area (TPSA) is 35.6 Å². The minimum atomic E-state index is 0.0580. The van der Waals surface area contributed by atoms with Gasteiger partial charge in [0.2, 0.25) is 5.91 Å². The van der Waals surface area contributed by atoms with Crippen LogP contribution in [0, 0.1) is 0 Å². The van der Waals surface area contributed by atoms with Crippen LogP contribution in [0.4, 0.5) is 11.4 Å². The van der Waals surface area contributed by atoms with Crippen molar-refractivity contribution < 1.29 is 4.79 Å². The third-order valence-corrected chi connectivity index (χ3v) is 5.72. The molecule has 0 unspecified atom stereocenters. The van der Waals surface area contributed by atoms with Crippen LogP contribution in [-0.2, 0) is 17.8 Å². The molecule has 3 rings (SSSR count). The third kappa shape index (κ3) is 4.41. The second kappa shape index (κ2) is 8.02. The number of carbonyl (C=O) groups excluding carboxylic acids is 1. The first kappa shape index (κ1) is 18.0. The standard InChI is InChI=1S/C20H27N3OS/c1-4-23(15(2)3)18-7-5-17(6-8-18)21-20(24)14-22-11-9-19-16(13-22)10-12-25-19/h5-8,10,12,15H,4,9,11,13-14H2,1-3H3,(H,21,24). The van der Waals surface area contributed by atoms with Gasteiger partial charge in [-0.2, -0.15) is 0 Å². The molecular weight excluding hydrogens is 330 g/mol. The molecule has 4 nitrogen and oxygen atoms in total. The Bertz CT molecular complexity index is 708. The summed E-state index contributed by atoms with van der Waals surface area (Å²) in [5.41, 5.74) is 3.43. The highest BCUT2D eigenvalue weighted by Gasteiger charge is 2.19. The van der Waals surface area contributed by atoms with E-state index >= 15 is 0 Å². The van der Waals surface area contributed by atoms with E-state index in [-0.39, 0.29) is 5.91 Å². The first-order chi connectivity index (χ1) is 12.1. The summed E-state index contributed by atoms with van der Waals surface area (Å²) in [5, 5.41) is 5.17. The van der Waals surface area contributed by atoms with Crippen LogP contribution in [-0.4, -0.2) is 36.5 Å². The summed E-state index contributed by atoms with van der Waals surface area (Å²) in [6.07, 6.45) is 1.05. The van der Waals surface area contributed by atoms with Gasteiger partial charge in [-0.3, -0.25) is 9.69 Å². The van der Waals surface area contributed by atoms with Gasteiger partial charge in [0.15, 0.2) is 0 Å². The largest absolute Gasteiger partial charge is 0.369 e. The number of thiophene rings is 1. The van der Waals surface area contributed by atoms with Crippen molar-refractivity contribution in [2.45, 2.75) is 39.8 Å². The van der Waals surface area contributed by atoms with E-state index in [1.54, 1.807) is 0 Å². The highest BCUT2D eigenvalue weighted by atomic mass is 32.1. The van der Waals surface area contributed by atoms with E-state index in [1.807, 2.05) is 23.5 Å². The monoisotopic (exact) mass is 357 g/mol. The number of benzene rings is 1. The number of rotatable bonds is 6. The van der Waals surface area contributed by atoms with E-state index in [9.17, 15) is 4.79 Å². The molecule has 0 spiro atoms. The number of nitrogens with one attached hydrogen (secondary N) is 1. The maximum atomic E-state index is 12.4. The Morgan fingerprint density at radius 2 is 2.04 bits per heavy atom. The Morgan fingerprint density at radius 1 is 1.28 bits per heavy atom. The first-order valence-corrected chi connectivity index (χ1v) is 9.89. The van der Waals surface area contributed by atoms with Gasteiger partial charge in [0.1, 0.15) is 0 Å². The molecule has 0 saturated carbocycles. The van der Waals surface area contributed by atoms with Crippen molar-refractivity contribution in [3.8, 4) is 0 Å². The van der Waals surface area contributed by atoms with Crippen LogP contribution in [0.25, 0.3) is 0 Å². The Balaban J connectivity index is 1.55. The molecule has 0 atom stereocenters. The molecule has 1 N–H and O–H groups in total. The van der Waals surface area contributed by atoms with Crippen molar-refractivity contribution in [1.29, 1.82) is 0 Å². The second-order valence-electron chi connectivity index (χ2n) is 6.80. The maximum Gasteiger partial charge on any atom is 0.238 e. The summed E-state index contributed by atoms with van der Waals surface area (Å²) < 4.78 is 0. The quantitative estimate of drug-likeness (QED) is 0.849. The molecule has 1 aliphatic heterocycles. The fourth-order valence-corrected chi connectivity index (χ4v) is 4.32. The highest BCUT2D eigenvalue weighted by Crippen LogP contribution is 2.24. The van der Waals surface area contributed by atoms with Crippen molar-refractivity contribution in [3.63, 3.8) is 0 Å². The summed E-state index contributed by atoms with van der Waals surface area (Å²) in [4.78, 5) is 18.4. The van der Waals surface area contributed by atoms with Crippen LogP contribution < -0.4 is 10.2 Å². The molecule has 0 radical (unpaired) electrons. The van der Waals surface area contributed by atoms with Gasteiger partial charge in [-0.15, -0.1) is 11.3 Å². The van der Waals surface area contributed by atoms with Crippen LogP contribution in [0.1, 0.15) is 31.2 Å². The smallest absolute Gasteiger partial charge is 0.238 e. The zero-order valence-electron chi connectivity index (χ0n) is 15.3. The lowest BCUT2D eigenvalue weighted by atomic mass is 10.1. The summed E-state index contributed by atoms with van der Waals surface area (Å²) in [6, 6.07) is 10.8. The summed E-state index contributed by atoms with van der Waals surface area (Å²) >= 11 is 1.83. The second-order valence-corrected chi connectivity index (χ2v) is 7.81. The average Bonchev–Trinajstić information content (AvgIpc) is 3.04. The average molecular weight is 358 g/mol. The number of fused-ring (bicyclic) bond motifs is 1. The molecule has 1 aromatic heterocycles. The number of nitrogens with zero attached hydrogens (tertiary/aromatic N) is 2. The summed E-state index contributed by atoms with van der Waals surface area (Å²) in [6.45, 7) is 9.80. The minimum absolute atomic E-state index is 0.0580. The van der Waals surface area contributed by atoms with E-state index in [0.717, 1.165) is 31.7 Å². The minimum Gasteiger partial charge on any atom is -0.369 e. The zero-order chi connectivity index (χ0) is 17.8. The molecule has 0 bridgehead atoms. The molecule has 1 amide bonds. The number of carbonyl (C=O) groups is 1. The lowest BCUT2D eigenvalue weighted by molar-refractivity contribution is -0.117. The molecule has 25 heavy (non-hydrogen) atoms. The van der Waals surface area contributed by atoms with Crippen molar-refractivity contribution in [1.82, 2.24) is 4.90 Å². The lowest BCUT2D eigenvalue weighted by Crippen LogP contribution is -2.36. The predicted octanol–water partition coefficient (Wildman–Crippen LogP) is 3.98.